The number of hydrogen-bond donors (Lipinski definition) is 2. The number of nitrogens with one attached hydrogen (secondary N) is 1. The molecule has 0 spiro atoms. The number of rotatable bonds is 5. The van der Waals surface area contributed by atoms with E-state index in [0.717, 1.165) is 5.56 Å². The van der Waals surface area contributed by atoms with Crippen molar-refractivity contribution >= 4 is 17.6 Å². The summed E-state index contributed by atoms with van der Waals surface area (Å²) in [5, 5.41) is 11.6. The Morgan fingerprint density at radius 3 is 2.32 bits per heavy atom. The van der Waals surface area contributed by atoms with Gasteiger partial charge < -0.3 is 24.6 Å². The first-order valence-electron chi connectivity index (χ1n) is 6.88. The quantitative estimate of drug-likeness (QED) is 0.857. The Morgan fingerprint density at radius 1 is 1.18 bits per heavy atom. The number of carbonyl (C=O) groups excluding carboxylic acids is 1. The van der Waals surface area contributed by atoms with Crippen LogP contribution in [-0.4, -0.2) is 43.4 Å². The van der Waals surface area contributed by atoms with Crippen LogP contribution in [0.4, 0.5) is 5.69 Å². The topological polar surface area (TPSA) is 94.1 Å². The minimum Gasteiger partial charge on any atom is -0.493 e. The van der Waals surface area contributed by atoms with E-state index in [4.69, 9.17) is 19.3 Å². The fraction of sp³-hybridized carbons (Fsp3) is 0.467. The van der Waals surface area contributed by atoms with Crippen LogP contribution in [0.3, 0.4) is 0 Å². The van der Waals surface area contributed by atoms with Crippen LogP contribution in [0.25, 0.3) is 0 Å². The number of anilines is 1. The highest BCUT2D eigenvalue weighted by molar-refractivity contribution is 5.95. The predicted octanol–water partition coefficient (Wildman–Crippen LogP) is 1.58. The molecule has 1 aliphatic heterocycles. The molecule has 2 N–H and O–H groups in total. The lowest BCUT2D eigenvalue weighted by atomic mass is 10.1. The summed E-state index contributed by atoms with van der Waals surface area (Å²) in [6.07, 6.45) is -0.955. The maximum absolute atomic E-state index is 12.2. The van der Waals surface area contributed by atoms with Gasteiger partial charge in [0.15, 0.2) is 17.6 Å². The van der Waals surface area contributed by atoms with Crippen LogP contribution in [-0.2, 0) is 14.3 Å². The molecule has 0 saturated carbocycles. The highest BCUT2D eigenvalue weighted by Gasteiger charge is 2.34. The van der Waals surface area contributed by atoms with Gasteiger partial charge in [-0.3, -0.25) is 4.79 Å². The largest absolute Gasteiger partial charge is 0.493 e. The molecule has 22 heavy (non-hydrogen) atoms. The lowest BCUT2D eigenvalue weighted by Gasteiger charge is -2.16. The van der Waals surface area contributed by atoms with Gasteiger partial charge in [-0.15, -0.1) is 0 Å². The fourth-order valence-corrected chi connectivity index (χ4v) is 2.34. The van der Waals surface area contributed by atoms with E-state index in [9.17, 15) is 9.59 Å². The number of methoxy groups -OCH3 is 2. The van der Waals surface area contributed by atoms with Crippen molar-refractivity contribution in [1.29, 1.82) is 0 Å². The second kappa shape index (κ2) is 6.65. The molecule has 1 saturated heterocycles. The molecule has 120 valence electrons. The summed E-state index contributed by atoms with van der Waals surface area (Å²) in [5.41, 5.74) is 1.38. The smallest absolute Gasteiger partial charge is 0.332 e. The number of aliphatic carboxylic acids is 1. The molecule has 7 heteroatoms. The van der Waals surface area contributed by atoms with E-state index in [1.165, 1.54) is 14.2 Å². The highest BCUT2D eigenvalue weighted by Crippen LogP contribution is 2.33. The summed E-state index contributed by atoms with van der Waals surface area (Å²) in [5.74, 6) is -0.336. The van der Waals surface area contributed by atoms with Crippen molar-refractivity contribution in [1.82, 2.24) is 0 Å². The third-order valence-corrected chi connectivity index (χ3v) is 3.58. The molecule has 0 radical (unpaired) electrons. The second-order valence-corrected chi connectivity index (χ2v) is 5.04. The lowest BCUT2D eigenvalue weighted by molar-refractivity contribution is -0.150. The predicted molar refractivity (Wildman–Crippen MR) is 78.4 cm³/mol. The summed E-state index contributed by atoms with van der Waals surface area (Å²) >= 11 is 0. The van der Waals surface area contributed by atoms with Crippen LogP contribution < -0.4 is 14.8 Å². The molecule has 0 unspecified atom stereocenters. The Balaban J connectivity index is 2.10. The number of hydrogen-bond acceptors (Lipinski definition) is 5. The summed E-state index contributed by atoms with van der Waals surface area (Å²) in [4.78, 5) is 23.0. The Labute approximate surface area is 128 Å². The zero-order valence-corrected chi connectivity index (χ0v) is 12.7. The van der Waals surface area contributed by atoms with Crippen molar-refractivity contribution < 1.29 is 28.9 Å². The molecule has 2 atom stereocenters. The minimum absolute atomic E-state index is 0.332. The summed E-state index contributed by atoms with van der Waals surface area (Å²) < 4.78 is 15.6. The average molecular weight is 309 g/mol. The Hall–Kier alpha value is -2.28. The SMILES string of the molecule is COc1cc(C)c(NC(=O)[C@@H]2CC[C@H](C(=O)O)O2)cc1OC. The molecule has 1 aliphatic rings. The normalized spacial score (nSPS) is 20.5. The van der Waals surface area contributed by atoms with E-state index < -0.39 is 18.2 Å². The average Bonchev–Trinajstić information content (AvgIpc) is 2.99. The number of ether oxygens (including phenoxy) is 3. The maximum Gasteiger partial charge on any atom is 0.332 e. The first kappa shape index (κ1) is 16.1. The van der Waals surface area contributed by atoms with Crippen molar-refractivity contribution in [2.24, 2.45) is 0 Å². The number of carboxylic acid groups (broad SMARTS) is 1. The van der Waals surface area contributed by atoms with Gasteiger partial charge in [0.2, 0.25) is 0 Å². The first-order valence-corrected chi connectivity index (χ1v) is 6.88. The zero-order valence-electron chi connectivity index (χ0n) is 12.7. The van der Waals surface area contributed by atoms with Crippen molar-refractivity contribution in [3.63, 3.8) is 0 Å². The Kier molecular flexibility index (Phi) is 4.87. The number of carboxylic acids is 1. The van der Waals surface area contributed by atoms with Crippen LogP contribution in [0.5, 0.6) is 11.5 Å². The number of aryl methyl sites for hydroxylation is 1. The Morgan fingerprint density at radius 2 is 1.77 bits per heavy atom. The van der Waals surface area contributed by atoms with Crippen LogP contribution in [0.1, 0.15) is 18.4 Å². The zero-order chi connectivity index (χ0) is 16.3. The van der Waals surface area contributed by atoms with Gasteiger partial charge in [-0.1, -0.05) is 0 Å². The lowest BCUT2D eigenvalue weighted by Crippen LogP contribution is -2.30. The van der Waals surface area contributed by atoms with E-state index in [-0.39, 0.29) is 5.91 Å². The second-order valence-electron chi connectivity index (χ2n) is 5.04. The molecule has 0 bridgehead atoms. The molecule has 1 fully saturated rings. The van der Waals surface area contributed by atoms with E-state index >= 15 is 0 Å². The van der Waals surface area contributed by atoms with Gasteiger partial charge in [-0.2, -0.15) is 0 Å². The Bertz CT molecular complexity index is 586. The van der Waals surface area contributed by atoms with Gasteiger partial charge in [0.05, 0.1) is 14.2 Å². The summed E-state index contributed by atoms with van der Waals surface area (Å²) in [6.45, 7) is 1.83. The highest BCUT2D eigenvalue weighted by atomic mass is 16.5. The van der Waals surface area contributed by atoms with Gasteiger partial charge >= 0.3 is 5.97 Å². The third kappa shape index (κ3) is 3.30. The molecule has 1 heterocycles. The molecule has 0 aliphatic carbocycles. The van der Waals surface area contributed by atoms with E-state index in [0.29, 0.717) is 30.0 Å². The monoisotopic (exact) mass is 309 g/mol. The molecule has 1 amide bonds. The van der Waals surface area contributed by atoms with Crippen molar-refractivity contribution in [2.75, 3.05) is 19.5 Å². The minimum atomic E-state index is -1.04. The van der Waals surface area contributed by atoms with E-state index in [1.807, 2.05) is 6.92 Å². The van der Waals surface area contributed by atoms with Gasteiger partial charge in [0.1, 0.15) is 6.10 Å². The summed E-state index contributed by atoms with van der Waals surface area (Å²) in [6, 6.07) is 3.42. The van der Waals surface area contributed by atoms with Crippen LogP contribution in [0.15, 0.2) is 12.1 Å². The third-order valence-electron chi connectivity index (χ3n) is 3.58. The van der Waals surface area contributed by atoms with Gasteiger partial charge in [-0.05, 0) is 31.4 Å². The molecule has 1 aromatic carbocycles. The number of amides is 1. The molecule has 0 aromatic heterocycles. The maximum atomic E-state index is 12.2. The molecular formula is C15H19NO6. The summed E-state index contributed by atoms with van der Waals surface area (Å²) in [7, 11) is 3.05. The van der Waals surface area contributed by atoms with Gasteiger partial charge in [0.25, 0.3) is 5.91 Å². The van der Waals surface area contributed by atoms with Crippen molar-refractivity contribution in [3.8, 4) is 11.5 Å². The number of benzene rings is 1. The van der Waals surface area contributed by atoms with Crippen molar-refractivity contribution in [3.05, 3.63) is 17.7 Å². The van der Waals surface area contributed by atoms with Gasteiger partial charge in [0, 0.05) is 11.8 Å². The molecule has 1 aromatic rings. The first-order chi connectivity index (χ1) is 10.5. The van der Waals surface area contributed by atoms with Crippen molar-refractivity contribution in [2.45, 2.75) is 32.0 Å². The van der Waals surface area contributed by atoms with E-state index in [2.05, 4.69) is 5.32 Å². The molecular weight excluding hydrogens is 290 g/mol. The van der Waals surface area contributed by atoms with E-state index in [1.54, 1.807) is 12.1 Å². The molecule has 2 rings (SSSR count). The van der Waals surface area contributed by atoms with Crippen LogP contribution in [0.2, 0.25) is 0 Å². The molecule has 7 nitrogen and oxygen atoms in total. The number of carbonyl (C=O) groups is 2. The van der Waals surface area contributed by atoms with Crippen LogP contribution >= 0.6 is 0 Å². The van der Waals surface area contributed by atoms with Gasteiger partial charge in [-0.25, -0.2) is 4.79 Å². The fourth-order valence-electron chi connectivity index (χ4n) is 2.34. The standard InChI is InChI=1S/C15H19NO6/c1-8-6-12(20-2)13(21-3)7-9(8)16-14(17)10-4-5-11(22-10)15(18)19/h6-7,10-11H,4-5H2,1-3H3,(H,16,17)(H,18,19)/t10-,11+/m0/s1. The van der Waals surface area contributed by atoms with Crippen LogP contribution in [0, 0.1) is 6.92 Å².